The molecule has 2 aliphatic heterocycles. The van der Waals surface area contributed by atoms with Crippen LogP contribution >= 0.6 is 0 Å². The van der Waals surface area contributed by atoms with E-state index in [-0.39, 0.29) is 5.91 Å². The number of carbonyl (C=O) groups excluding carboxylic acids is 1. The summed E-state index contributed by atoms with van der Waals surface area (Å²) in [6.07, 6.45) is 7.97. The molecule has 1 saturated heterocycles. The van der Waals surface area contributed by atoms with Crippen molar-refractivity contribution in [3.05, 3.63) is 29.3 Å². The molecule has 23 heavy (non-hydrogen) atoms. The largest absolute Gasteiger partial charge is 0.317 e. The van der Waals surface area contributed by atoms with Gasteiger partial charge in [0.25, 0.3) is 0 Å². The minimum absolute atomic E-state index is 0.169. The number of nitrogens with zero attached hydrogens (tertiary/aromatic N) is 1. The van der Waals surface area contributed by atoms with Crippen LogP contribution in [0.3, 0.4) is 0 Å². The number of amides is 1. The molecule has 1 aliphatic carbocycles. The molecule has 2 heterocycles. The summed E-state index contributed by atoms with van der Waals surface area (Å²) in [7, 11) is 0. The third-order valence-electron chi connectivity index (χ3n) is 6.13. The van der Waals surface area contributed by atoms with E-state index >= 15 is 0 Å². The number of rotatable bonds is 4. The van der Waals surface area contributed by atoms with Gasteiger partial charge in [-0.15, -0.1) is 0 Å². The molecule has 1 aromatic rings. The second-order valence-electron chi connectivity index (χ2n) is 7.68. The van der Waals surface area contributed by atoms with Gasteiger partial charge in [0.15, 0.2) is 0 Å². The SMILES string of the molecule is CC(=O)N1CCc2cc(C3CC3CCC3CCNCC3)ccc21. The average molecular weight is 312 g/mol. The Labute approximate surface area is 139 Å². The molecule has 4 rings (SSSR count). The normalized spacial score (nSPS) is 27.1. The summed E-state index contributed by atoms with van der Waals surface area (Å²) in [6, 6.07) is 6.84. The predicted octanol–water partition coefficient (Wildman–Crippen LogP) is 3.48. The molecule has 2 atom stereocenters. The molecule has 1 aromatic carbocycles. The lowest BCUT2D eigenvalue weighted by atomic mass is 9.91. The van der Waals surface area contributed by atoms with Gasteiger partial charge >= 0.3 is 0 Å². The Morgan fingerprint density at radius 3 is 2.87 bits per heavy atom. The highest BCUT2D eigenvalue weighted by Crippen LogP contribution is 2.51. The van der Waals surface area contributed by atoms with Gasteiger partial charge in [0, 0.05) is 19.2 Å². The van der Waals surface area contributed by atoms with Gasteiger partial charge in [0.2, 0.25) is 5.91 Å². The number of piperidine rings is 1. The minimum atomic E-state index is 0.169. The van der Waals surface area contributed by atoms with Gasteiger partial charge in [-0.05, 0) is 80.1 Å². The predicted molar refractivity (Wildman–Crippen MR) is 93.8 cm³/mol. The van der Waals surface area contributed by atoms with Gasteiger partial charge in [-0.2, -0.15) is 0 Å². The fourth-order valence-corrected chi connectivity index (χ4v) is 4.57. The average Bonchev–Trinajstić information content (AvgIpc) is 3.22. The number of nitrogens with one attached hydrogen (secondary N) is 1. The molecular formula is C20H28N2O. The van der Waals surface area contributed by atoms with Crippen molar-refractivity contribution in [2.75, 3.05) is 24.5 Å². The third-order valence-corrected chi connectivity index (χ3v) is 6.13. The molecule has 0 spiro atoms. The molecule has 1 amide bonds. The minimum Gasteiger partial charge on any atom is -0.317 e. The molecule has 0 bridgehead atoms. The van der Waals surface area contributed by atoms with Crippen molar-refractivity contribution < 1.29 is 4.79 Å². The van der Waals surface area contributed by atoms with Crippen LogP contribution in [0.2, 0.25) is 0 Å². The maximum absolute atomic E-state index is 11.6. The maximum atomic E-state index is 11.6. The highest BCUT2D eigenvalue weighted by atomic mass is 16.2. The highest BCUT2D eigenvalue weighted by molar-refractivity contribution is 5.93. The molecule has 1 saturated carbocycles. The van der Waals surface area contributed by atoms with Crippen LogP contribution in [0.5, 0.6) is 0 Å². The van der Waals surface area contributed by atoms with Gasteiger partial charge in [0.05, 0.1) is 0 Å². The van der Waals surface area contributed by atoms with E-state index in [1.165, 1.54) is 56.3 Å². The second kappa shape index (κ2) is 6.27. The van der Waals surface area contributed by atoms with E-state index in [1.54, 1.807) is 6.92 Å². The fraction of sp³-hybridized carbons (Fsp3) is 0.650. The van der Waals surface area contributed by atoms with Crippen LogP contribution in [0.1, 0.15) is 56.1 Å². The van der Waals surface area contributed by atoms with Crippen LogP contribution in [-0.2, 0) is 11.2 Å². The van der Waals surface area contributed by atoms with Crippen molar-refractivity contribution >= 4 is 11.6 Å². The fourth-order valence-electron chi connectivity index (χ4n) is 4.57. The summed E-state index contributed by atoms with van der Waals surface area (Å²) in [5.74, 6) is 2.83. The van der Waals surface area contributed by atoms with Crippen LogP contribution in [0.4, 0.5) is 5.69 Å². The smallest absolute Gasteiger partial charge is 0.223 e. The number of anilines is 1. The molecule has 3 heteroatoms. The van der Waals surface area contributed by atoms with E-state index in [4.69, 9.17) is 0 Å². The van der Waals surface area contributed by atoms with Crippen molar-refractivity contribution in [3.63, 3.8) is 0 Å². The van der Waals surface area contributed by atoms with Crippen LogP contribution in [0, 0.1) is 11.8 Å². The summed E-state index contributed by atoms with van der Waals surface area (Å²) >= 11 is 0. The highest BCUT2D eigenvalue weighted by Gasteiger charge is 2.38. The summed E-state index contributed by atoms with van der Waals surface area (Å²) in [5.41, 5.74) is 4.04. The topological polar surface area (TPSA) is 32.3 Å². The molecule has 1 N–H and O–H groups in total. The molecule has 0 radical (unpaired) electrons. The van der Waals surface area contributed by atoms with Crippen molar-refractivity contribution in [2.24, 2.45) is 11.8 Å². The van der Waals surface area contributed by atoms with Crippen molar-refractivity contribution in [2.45, 2.75) is 51.4 Å². The van der Waals surface area contributed by atoms with Crippen LogP contribution in [0.25, 0.3) is 0 Å². The lowest BCUT2D eigenvalue weighted by Crippen LogP contribution is -2.27. The molecule has 2 unspecified atom stereocenters. The Balaban J connectivity index is 1.34. The molecule has 2 fully saturated rings. The van der Waals surface area contributed by atoms with E-state index < -0.39 is 0 Å². The Bertz CT molecular complexity index is 591. The van der Waals surface area contributed by atoms with E-state index in [0.717, 1.165) is 36.4 Å². The van der Waals surface area contributed by atoms with Gasteiger partial charge in [0.1, 0.15) is 0 Å². The molecule has 3 nitrogen and oxygen atoms in total. The Morgan fingerprint density at radius 1 is 1.26 bits per heavy atom. The van der Waals surface area contributed by atoms with Crippen LogP contribution < -0.4 is 10.2 Å². The first-order valence-corrected chi connectivity index (χ1v) is 9.34. The number of hydrogen-bond acceptors (Lipinski definition) is 2. The van der Waals surface area contributed by atoms with E-state index in [2.05, 4.69) is 23.5 Å². The zero-order valence-electron chi connectivity index (χ0n) is 14.2. The molecule has 0 aromatic heterocycles. The number of hydrogen-bond donors (Lipinski definition) is 1. The van der Waals surface area contributed by atoms with Gasteiger partial charge in [-0.1, -0.05) is 18.6 Å². The lowest BCUT2D eigenvalue weighted by molar-refractivity contribution is -0.116. The van der Waals surface area contributed by atoms with E-state index in [0.29, 0.717) is 0 Å². The van der Waals surface area contributed by atoms with Crippen molar-refractivity contribution in [1.29, 1.82) is 0 Å². The first-order chi connectivity index (χ1) is 11.2. The number of carbonyl (C=O) groups is 1. The van der Waals surface area contributed by atoms with Gasteiger partial charge < -0.3 is 10.2 Å². The lowest BCUT2D eigenvalue weighted by Gasteiger charge is -2.22. The summed E-state index contributed by atoms with van der Waals surface area (Å²) in [6.45, 7) is 4.96. The second-order valence-corrected chi connectivity index (χ2v) is 7.68. The number of benzene rings is 1. The Kier molecular flexibility index (Phi) is 4.14. The van der Waals surface area contributed by atoms with Crippen molar-refractivity contribution in [3.8, 4) is 0 Å². The maximum Gasteiger partial charge on any atom is 0.223 e. The van der Waals surface area contributed by atoms with E-state index in [9.17, 15) is 4.79 Å². The monoisotopic (exact) mass is 312 g/mol. The zero-order valence-corrected chi connectivity index (χ0v) is 14.2. The summed E-state index contributed by atoms with van der Waals surface area (Å²) in [5, 5.41) is 3.46. The van der Waals surface area contributed by atoms with Crippen LogP contribution in [-0.4, -0.2) is 25.5 Å². The van der Waals surface area contributed by atoms with E-state index in [1.807, 2.05) is 4.90 Å². The van der Waals surface area contributed by atoms with Gasteiger partial charge in [-0.25, -0.2) is 0 Å². The Hall–Kier alpha value is -1.35. The third kappa shape index (κ3) is 3.16. The standard InChI is InChI=1S/C20H28N2O/c1-14(23)22-11-8-18-12-16(4-5-20(18)22)19-13-17(19)3-2-15-6-9-21-10-7-15/h4-5,12,15,17,19,21H,2-3,6-11,13H2,1H3. The van der Waals surface area contributed by atoms with Crippen LogP contribution in [0.15, 0.2) is 18.2 Å². The molecular weight excluding hydrogens is 284 g/mol. The molecule has 3 aliphatic rings. The zero-order chi connectivity index (χ0) is 15.8. The number of fused-ring (bicyclic) bond motifs is 1. The molecule has 124 valence electrons. The quantitative estimate of drug-likeness (QED) is 0.923. The van der Waals surface area contributed by atoms with Gasteiger partial charge in [-0.3, -0.25) is 4.79 Å². The van der Waals surface area contributed by atoms with Crippen molar-refractivity contribution in [1.82, 2.24) is 5.32 Å². The first kappa shape index (κ1) is 15.2. The Morgan fingerprint density at radius 2 is 2.09 bits per heavy atom. The summed E-state index contributed by atoms with van der Waals surface area (Å²) < 4.78 is 0. The summed E-state index contributed by atoms with van der Waals surface area (Å²) in [4.78, 5) is 13.6. The first-order valence-electron chi connectivity index (χ1n) is 9.34.